The Morgan fingerprint density at radius 1 is 0.293 bits per heavy atom. The van der Waals surface area contributed by atoms with Crippen molar-refractivity contribution in [1.82, 2.24) is 0 Å². The van der Waals surface area contributed by atoms with Crippen LogP contribution in [0, 0.1) is 0 Å². The first kappa shape index (κ1) is 30.7. The molecule has 0 amide bonds. The predicted octanol–water partition coefficient (Wildman–Crippen LogP) is 15.3. The third-order valence-electron chi connectivity index (χ3n) is 13.6. The minimum atomic E-state index is -0.429. The van der Waals surface area contributed by atoms with Crippen molar-refractivity contribution in [2.45, 2.75) is 5.41 Å². The maximum Gasteiger partial charge on any atom is 0.136 e. The molecule has 1 nitrogen and oxygen atoms in total. The highest BCUT2D eigenvalue weighted by molar-refractivity contribution is 6.24. The van der Waals surface area contributed by atoms with Gasteiger partial charge in [0.15, 0.2) is 0 Å². The van der Waals surface area contributed by atoms with Gasteiger partial charge in [-0.3, -0.25) is 0 Å². The van der Waals surface area contributed by atoms with E-state index in [1.807, 2.05) is 6.07 Å². The van der Waals surface area contributed by atoms with Gasteiger partial charge in [-0.25, -0.2) is 0 Å². The lowest BCUT2D eigenvalue weighted by Crippen LogP contribution is -2.25. The largest absolute Gasteiger partial charge is 0.456 e. The number of hydrogen-bond acceptors (Lipinski definition) is 1. The summed E-state index contributed by atoms with van der Waals surface area (Å²) < 4.78 is 6.40. The molecule has 0 unspecified atom stereocenters. The number of rotatable bonds is 2. The summed E-state index contributed by atoms with van der Waals surface area (Å²) in [7, 11) is 0. The monoisotopic (exact) mass is 732 g/mol. The molecule has 12 aromatic rings. The zero-order valence-corrected chi connectivity index (χ0v) is 31.4. The van der Waals surface area contributed by atoms with Crippen molar-refractivity contribution in [3.05, 3.63) is 216 Å². The average Bonchev–Trinajstić information content (AvgIpc) is 3.91. The normalized spacial score (nSPS) is 13.7. The van der Waals surface area contributed by atoms with Crippen molar-refractivity contribution in [2.24, 2.45) is 0 Å². The van der Waals surface area contributed by atoms with Gasteiger partial charge in [-0.15, -0.1) is 0 Å². The number of furan rings is 1. The molecule has 0 saturated carbocycles. The van der Waals surface area contributed by atoms with E-state index in [1.54, 1.807) is 0 Å². The third-order valence-corrected chi connectivity index (χ3v) is 13.6. The van der Waals surface area contributed by atoms with Crippen LogP contribution in [0.3, 0.4) is 0 Å². The van der Waals surface area contributed by atoms with Crippen LogP contribution in [0.5, 0.6) is 0 Å². The summed E-state index contributed by atoms with van der Waals surface area (Å²) >= 11 is 0. The Morgan fingerprint density at radius 3 is 1.66 bits per heavy atom. The summed E-state index contributed by atoms with van der Waals surface area (Å²) in [4.78, 5) is 0. The van der Waals surface area contributed by atoms with Gasteiger partial charge in [0, 0.05) is 10.8 Å². The molecule has 11 aromatic carbocycles. The fourth-order valence-electron chi connectivity index (χ4n) is 11.2. The third kappa shape index (κ3) is 3.77. The Bertz CT molecular complexity index is 3640. The summed E-state index contributed by atoms with van der Waals surface area (Å²) in [6.07, 6.45) is 0. The van der Waals surface area contributed by atoms with E-state index >= 15 is 0 Å². The van der Waals surface area contributed by atoms with E-state index in [0.29, 0.717) is 0 Å². The van der Waals surface area contributed by atoms with Crippen LogP contribution in [-0.4, -0.2) is 0 Å². The molecule has 0 saturated heterocycles. The molecule has 1 heteroatoms. The minimum Gasteiger partial charge on any atom is -0.456 e. The summed E-state index contributed by atoms with van der Waals surface area (Å²) in [5, 5.41) is 12.7. The number of hydrogen-bond donors (Lipinski definition) is 0. The fourth-order valence-corrected chi connectivity index (χ4v) is 11.2. The second-order valence-corrected chi connectivity index (χ2v) is 16.3. The van der Waals surface area contributed by atoms with E-state index in [2.05, 4.69) is 188 Å². The Kier molecular flexibility index (Phi) is 5.76. The molecule has 1 heterocycles. The molecule has 0 bridgehead atoms. The maximum absolute atomic E-state index is 6.40. The van der Waals surface area contributed by atoms with Crippen LogP contribution in [0.1, 0.15) is 22.3 Å². The van der Waals surface area contributed by atoms with E-state index in [0.717, 1.165) is 27.5 Å². The van der Waals surface area contributed by atoms with Crippen LogP contribution >= 0.6 is 0 Å². The lowest BCUT2D eigenvalue weighted by atomic mass is 9.70. The zero-order valence-electron chi connectivity index (χ0n) is 31.4. The average molecular weight is 733 g/mol. The van der Waals surface area contributed by atoms with Crippen LogP contribution in [-0.2, 0) is 5.41 Å². The van der Waals surface area contributed by atoms with Gasteiger partial charge in [-0.1, -0.05) is 158 Å². The van der Waals surface area contributed by atoms with Gasteiger partial charge in [-0.05, 0) is 146 Å². The lowest BCUT2D eigenvalue weighted by molar-refractivity contribution is 0.669. The lowest BCUT2D eigenvalue weighted by Gasteiger charge is -2.30. The highest BCUT2D eigenvalue weighted by atomic mass is 16.3. The van der Waals surface area contributed by atoms with Gasteiger partial charge in [0.25, 0.3) is 0 Å². The molecule has 0 radical (unpaired) electrons. The molecule has 2 aliphatic rings. The molecule has 14 rings (SSSR count). The van der Waals surface area contributed by atoms with Gasteiger partial charge in [0.1, 0.15) is 11.2 Å². The highest BCUT2D eigenvalue weighted by Gasteiger charge is 2.52. The predicted molar refractivity (Wildman–Crippen MR) is 242 cm³/mol. The molecule has 0 aliphatic heterocycles. The van der Waals surface area contributed by atoms with E-state index < -0.39 is 5.41 Å². The minimum absolute atomic E-state index is 0.429. The van der Waals surface area contributed by atoms with Gasteiger partial charge in [0.05, 0.1) is 5.41 Å². The molecule has 266 valence electrons. The fraction of sp³-hybridized carbons (Fsp3) is 0.0175. The second-order valence-electron chi connectivity index (χ2n) is 16.3. The van der Waals surface area contributed by atoms with E-state index in [1.165, 1.54) is 104 Å². The number of fused-ring (bicyclic) bond motifs is 15. The Balaban J connectivity index is 1.05. The zero-order chi connectivity index (χ0) is 37.7. The van der Waals surface area contributed by atoms with E-state index in [9.17, 15) is 0 Å². The van der Waals surface area contributed by atoms with Gasteiger partial charge in [0.2, 0.25) is 0 Å². The highest BCUT2D eigenvalue weighted by Crippen LogP contribution is 2.64. The smallest absolute Gasteiger partial charge is 0.136 e. The first-order valence-electron chi connectivity index (χ1n) is 20.2. The van der Waals surface area contributed by atoms with Gasteiger partial charge >= 0.3 is 0 Å². The molecule has 1 aromatic heterocycles. The van der Waals surface area contributed by atoms with Crippen molar-refractivity contribution < 1.29 is 4.42 Å². The summed E-state index contributed by atoms with van der Waals surface area (Å²) in [6, 6.07) is 72.7. The van der Waals surface area contributed by atoms with Crippen molar-refractivity contribution in [3.63, 3.8) is 0 Å². The van der Waals surface area contributed by atoms with Crippen LogP contribution in [0.2, 0.25) is 0 Å². The maximum atomic E-state index is 6.40. The van der Waals surface area contributed by atoms with Crippen molar-refractivity contribution in [2.75, 3.05) is 0 Å². The molecule has 2 aliphatic carbocycles. The molecule has 58 heavy (non-hydrogen) atoms. The van der Waals surface area contributed by atoms with E-state index in [-0.39, 0.29) is 0 Å². The van der Waals surface area contributed by atoms with Crippen LogP contribution in [0.25, 0.3) is 110 Å². The van der Waals surface area contributed by atoms with E-state index in [4.69, 9.17) is 4.42 Å². The Hall–Kier alpha value is -7.48. The van der Waals surface area contributed by atoms with Crippen LogP contribution in [0.4, 0.5) is 0 Å². The molecule has 0 atom stereocenters. The van der Waals surface area contributed by atoms with Crippen LogP contribution in [0.15, 0.2) is 199 Å². The summed E-state index contributed by atoms with van der Waals surface area (Å²) in [5.74, 6) is 0. The van der Waals surface area contributed by atoms with Crippen molar-refractivity contribution in [1.29, 1.82) is 0 Å². The van der Waals surface area contributed by atoms with Crippen molar-refractivity contribution >= 4 is 65.0 Å². The molecular formula is C57H32O. The topological polar surface area (TPSA) is 13.1 Å². The molecule has 0 fully saturated rings. The quantitative estimate of drug-likeness (QED) is 0.161. The summed E-state index contributed by atoms with van der Waals surface area (Å²) in [5.41, 5.74) is 16.9. The van der Waals surface area contributed by atoms with Gasteiger partial charge < -0.3 is 4.42 Å². The Labute approximate surface area is 334 Å². The second kappa shape index (κ2) is 10.9. The molecular weight excluding hydrogens is 701 g/mol. The number of benzene rings is 11. The SMILES string of the molecule is c1ccc2c(c1)-c1ccccc1C21c2ccc(-c3cc4ccc5cccc6ccc(c3)c4c56)cc2-c2c1ccc1c(-c3ccc4c(c3)oc3ccccc34)cccc21. The Morgan fingerprint density at radius 2 is 0.862 bits per heavy atom. The molecule has 1 spiro atoms. The standard InChI is InChI=1S/C57H32O/c1-4-16-48-42(11-1)43-12-2-5-17-49(43)57(48)50-27-24-35(39-29-37-21-19-33-9-7-10-34-20-22-38(30-39)55(37)54(33)34)31-47(50)56-46-15-8-14-40(41(46)26-28-51(56)57)36-23-25-45-44-13-3-6-18-52(44)58-53(45)32-36/h1-32H. The van der Waals surface area contributed by atoms with Crippen molar-refractivity contribution in [3.8, 4) is 44.5 Å². The molecule has 0 N–H and O–H groups in total. The first-order chi connectivity index (χ1) is 28.7. The first-order valence-corrected chi connectivity index (χ1v) is 20.2. The number of para-hydroxylation sites is 1. The van der Waals surface area contributed by atoms with Gasteiger partial charge in [-0.2, -0.15) is 0 Å². The van der Waals surface area contributed by atoms with Crippen LogP contribution < -0.4 is 0 Å². The summed E-state index contributed by atoms with van der Waals surface area (Å²) in [6.45, 7) is 0.